The molecule has 8 heteroatoms. The first-order chi connectivity index (χ1) is 9.81. The van der Waals surface area contributed by atoms with Crippen LogP contribution in [0.4, 0.5) is 4.79 Å². The number of carbonyl (C=O) groups is 1. The average molecular weight is 296 g/mol. The first-order valence-electron chi connectivity index (χ1n) is 6.32. The van der Waals surface area contributed by atoms with Gasteiger partial charge in [0.25, 0.3) is 0 Å². The molecule has 0 aromatic heterocycles. The number of hydrogen-bond acceptors (Lipinski definition) is 8. The Labute approximate surface area is 119 Å². The number of rotatable bonds is 14. The Bertz CT molecular complexity index is 212. The molecular formula is C12H24O8. The van der Waals surface area contributed by atoms with Crippen molar-refractivity contribution in [2.75, 3.05) is 73.9 Å². The molecule has 0 radical (unpaired) electrons. The van der Waals surface area contributed by atoms with Crippen LogP contribution >= 0.6 is 0 Å². The zero-order valence-electron chi connectivity index (χ0n) is 12.1. The molecule has 120 valence electrons. The molecule has 0 aromatic rings. The lowest BCUT2D eigenvalue weighted by Crippen LogP contribution is -2.16. The first kappa shape index (κ1) is 19.1. The summed E-state index contributed by atoms with van der Waals surface area (Å²) in [6.45, 7) is 3.01. The van der Waals surface area contributed by atoms with Crippen molar-refractivity contribution in [2.45, 2.75) is 0 Å². The van der Waals surface area contributed by atoms with E-state index in [1.165, 1.54) is 0 Å². The van der Waals surface area contributed by atoms with Crippen LogP contribution in [0.5, 0.6) is 0 Å². The third-order valence-electron chi connectivity index (χ3n) is 1.94. The van der Waals surface area contributed by atoms with Crippen LogP contribution in [0.25, 0.3) is 0 Å². The minimum absolute atomic E-state index is 0.128. The molecule has 0 saturated heterocycles. The summed E-state index contributed by atoms with van der Waals surface area (Å²) in [7, 11) is 3.18. The summed E-state index contributed by atoms with van der Waals surface area (Å²) in [5, 5.41) is 0. The second-order valence-corrected chi connectivity index (χ2v) is 3.48. The summed E-state index contributed by atoms with van der Waals surface area (Å²) >= 11 is 0. The van der Waals surface area contributed by atoms with E-state index in [1.54, 1.807) is 14.2 Å². The van der Waals surface area contributed by atoms with Gasteiger partial charge >= 0.3 is 6.16 Å². The second-order valence-electron chi connectivity index (χ2n) is 3.48. The summed E-state index contributed by atoms with van der Waals surface area (Å²) in [6.07, 6.45) is -0.791. The smallest absolute Gasteiger partial charge is 0.432 e. The standard InChI is InChI=1S/C12H24O8/c1-14-3-5-16-7-8-18-11-20-12(13)19-10-9-17-6-4-15-2/h3-11H2,1-2H3. The van der Waals surface area contributed by atoms with E-state index in [0.717, 1.165) is 0 Å². The predicted molar refractivity (Wildman–Crippen MR) is 68.6 cm³/mol. The molecule has 0 aliphatic heterocycles. The van der Waals surface area contributed by atoms with Crippen LogP contribution in [0.15, 0.2) is 0 Å². The largest absolute Gasteiger partial charge is 0.510 e. The molecule has 0 saturated carbocycles. The average Bonchev–Trinajstić information content (AvgIpc) is 2.45. The Hall–Kier alpha value is -0.930. The topological polar surface area (TPSA) is 81.7 Å². The van der Waals surface area contributed by atoms with Gasteiger partial charge in [-0.1, -0.05) is 0 Å². The van der Waals surface area contributed by atoms with Crippen molar-refractivity contribution in [3.8, 4) is 0 Å². The normalized spacial score (nSPS) is 10.5. The maximum absolute atomic E-state index is 11.1. The van der Waals surface area contributed by atoms with Crippen molar-refractivity contribution in [2.24, 2.45) is 0 Å². The molecule has 0 unspecified atom stereocenters. The lowest BCUT2D eigenvalue weighted by molar-refractivity contribution is -0.0652. The van der Waals surface area contributed by atoms with Crippen LogP contribution in [-0.2, 0) is 33.2 Å². The van der Waals surface area contributed by atoms with Crippen molar-refractivity contribution >= 4 is 6.16 Å². The summed E-state index contributed by atoms with van der Waals surface area (Å²) in [6, 6.07) is 0. The lowest BCUT2D eigenvalue weighted by atomic mass is 10.7. The van der Waals surface area contributed by atoms with Gasteiger partial charge in [0.15, 0.2) is 6.79 Å². The molecule has 0 aliphatic rings. The van der Waals surface area contributed by atoms with Crippen LogP contribution in [0.1, 0.15) is 0 Å². The van der Waals surface area contributed by atoms with Gasteiger partial charge in [0, 0.05) is 14.2 Å². The molecule has 20 heavy (non-hydrogen) atoms. The molecular weight excluding hydrogens is 272 g/mol. The van der Waals surface area contributed by atoms with Crippen molar-refractivity contribution in [3.05, 3.63) is 0 Å². The van der Waals surface area contributed by atoms with Gasteiger partial charge in [0.2, 0.25) is 0 Å². The van der Waals surface area contributed by atoms with Crippen LogP contribution < -0.4 is 0 Å². The molecule has 0 amide bonds. The van der Waals surface area contributed by atoms with Crippen LogP contribution in [0.2, 0.25) is 0 Å². The van der Waals surface area contributed by atoms with Gasteiger partial charge < -0.3 is 33.2 Å². The summed E-state index contributed by atoms with van der Waals surface area (Å²) in [5.41, 5.74) is 0. The summed E-state index contributed by atoms with van der Waals surface area (Å²) in [4.78, 5) is 11.1. The van der Waals surface area contributed by atoms with Crippen molar-refractivity contribution in [1.29, 1.82) is 0 Å². The zero-order valence-corrected chi connectivity index (χ0v) is 12.1. The third-order valence-corrected chi connectivity index (χ3v) is 1.94. The van der Waals surface area contributed by atoms with E-state index in [4.69, 9.17) is 28.4 Å². The van der Waals surface area contributed by atoms with Gasteiger partial charge in [0.1, 0.15) is 6.61 Å². The van der Waals surface area contributed by atoms with Gasteiger partial charge in [-0.2, -0.15) is 0 Å². The molecule has 0 fully saturated rings. The minimum Gasteiger partial charge on any atom is -0.432 e. The Morgan fingerprint density at radius 2 is 1.15 bits per heavy atom. The SMILES string of the molecule is COCCOCCOCOC(=O)OCCOCCOC. The van der Waals surface area contributed by atoms with Crippen LogP contribution in [0, 0.1) is 0 Å². The van der Waals surface area contributed by atoms with E-state index < -0.39 is 6.16 Å². The molecule has 0 spiro atoms. The minimum atomic E-state index is -0.791. The van der Waals surface area contributed by atoms with Crippen LogP contribution in [0.3, 0.4) is 0 Å². The number of methoxy groups -OCH3 is 2. The summed E-state index contributed by atoms with van der Waals surface area (Å²) < 4.78 is 34.2. The fourth-order valence-electron chi connectivity index (χ4n) is 0.981. The Morgan fingerprint density at radius 3 is 1.75 bits per heavy atom. The Kier molecular flexibility index (Phi) is 15.4. The highest BCUT2D eigenvalue weighted by molar-refractivity contribution is 5.59. The van der Waals surface area contributed by atoms with Gasteiger partial charge in [-0.05, 0) is 0 Å². The Morgan fingerprint density at radius 1 is 0.650 bits per heavy atom. The fraction of sp³-hybridized carbons (Fsp3) is 0.917. The monoisotopic (exact) mass is 296 g/mol. The molecule has 0 aliphatic carbocycles. The Balaban J connectivity index is 3.12. The highest BCUT2D eigenvalue weighted by atomic mass is 16.8. The van der Waals surface area contributed by atoms with Gasteiger partial charge in [-0.15, -0.1) is 0 Å². The van der Waals surface area contributed by atoms with Gasteiger partial charge in [-0.3, -0.25) is 0 Å². The molecule has 0 atom stereocenters. The fourth-order valence-corrected chi connectivity index (χ4v) is 0.981. The molecule has 0 bridgehead atoms. The number of hydrogen-bond donors (Lipinski definition) is 0. The van der Waals surface area contributed by atoms with Crippen molar-refractivity contribution in [3.63, 3.8) is 0 Å². The van der Waals surface area contributed by atoms with E-state index in [-0.39, 0.29) is 13.4 Å². The van der Waals surface area contributed by atoms with E-state index in [2.05, 4.69) is 4.74 Å². The zero-order chi connectivity index (χ0) is 14.9. The van der Waals surface area contributed by atoms with E-state index in [9.17, 15) is 4.79 Å². The molecule has 0 aromatic carbocycles. The number of ether oxygens (including phenoxy) is 7. The van der Waals surface area contributed by atoms with Crippen molar-refractivity contribution in [1.82, 2.24) is 0 Å². The maximum atomic E-state index is 11.1. The van der Waals surface area contributed by atoms with E-state index in [0.29, 0.717) is 46.2 Å². The highest BCUT2D eigenvalue weighted by Crippen LogP contribution is 1.88. The second kappa shape index (κ2) is 16.1. The van der Waals surface area contributed by atoms with Gasteiger partial charge in [-0.25, -0.2) is 4.79 Å². The summed E-state index contributed by atoms with van der Waals surface area (Å²) in [5.74, 6) is 0. The molecule has 0 N–H and O–H groups in total. The predicted octanol–water partition coefficient (Wildman–Crippen LogP) is 0.440. The van der Waals surface area contributed by atoms with Crippen molar-refractivity contribution < 1.29 is 38.0 Å². The number of carbonyl (C=O) groups excluding carboxylic acids is 1. The van der Waals surface area contributed by atoms with E-state index in [1.807, 2.05) is 0 Å². The quantitative estimate of drug-likeness (QED) is 0.259. The lowest BCUT2D eigenvalue weighted by Gasteiger charge is -2.07. The van der Waals surface area contributed by atoms with Gasteiger partial charge in [0.05, 0.1) is 46.2 Å². The first-order valence-corrected chi connectivity index (χ1v) is 6.32. The third kappa shape index (κ3) is 15.1. The van der Waals surface area contributed by atoms with E-state index >= 15 is 0 Å². The maximum Gasteiger partial charge on any atom is 0.510 e. The molecule has 0 rings (SSSR count). The highest BCUT2D eigenvalue weighted by Gasteiger charge is 2.03. The molecule has 0 heterocycles. The molecule has 8 nitrogen and oxygen atoms in total. The van der Waals surface area contributed by atoms with Crippen LogP contribution in [-0.4, -0.2) is 80.0 Å².